The molecular weight excluding hydrogens is 528 g/mol. The van der Waals surface area contributed by atoms with E-state index in [1.807, 2.05) is 48.5 Å². The van der Waals surface area contributed by atoms with Crippen molar-refractivity contribution in [2.45, 2.75) is 147 Å². The van der Waals surface area contributed by atoms with Crippen LogP contribution in [0.5, 0.6) is 0 Å². The van der Waals surface area contributed by atoms with Crippen LogP contribution in [-0.4, -0.2) is 139 Å². The molecule has 0 aromatic heterocycles. The van der Waals surface area contributed by atoms with Crippen LogP contribution in [0.15, 0.2) is 0 Å². The van der Waals surface area contributed by atoms with Crippen LogP contribution in [0.3, 0.4) is 0 Å². The van der Waals surface area contributed by atoms with E-state index in [4.69, 9.17) is 30.8 Å². The number of nitrogens with two attached hydrogens (primary N) is 2. The van der Waals surface area contributed by atoms with E-state index in [2.05, 4.69) is 0 Å². The Kier molecular flexibility index (Phi) is 15.3. The van der Waals surface area contributed by atoms with Gasteiger partial charge < -0.3 is 66.5 Å². The first kappa shape index (κ1) is 37.5. The van der Waals surface area contributed by atoms with Gasteiger partial charge in [-0.1, -0.05) is 41.5 Å². The molecule has 3 aliphatic heterocycles. The molecule has 3 aliphatic rings. The molecule has 13 nitrogen and oxygen atoms in total. The third-order valence-electron chi connectivity index (χ3n) is 7.88. The number of hydrogen-bond acceptors (Lipinski definition) is 13. The molecular formula is C27H56N2O11. The van der Waals surface area contributed by atoms with Gasteiger partial charge in [0.05, 0.1) is 61.4 Å². The molecule has 3 saturated heterocycles. The highest BCUT2D eigenvalue weighted by atomic mass is 16.5. The molecule has 0 aromatic rings. The van der Waals surface area contributed by atoms with Gasteiger partial charge in [-0.15, -0.1) is 0 Å². The molecule has 0 saturated carbocycles. The second-order valence-corrected chi connectivity index (χ2v) is 12.3. The van der Waals surface area contributed by atoms with Crippen molar-refractivity contribution in [3.63, 3.8) is 0 Å². The molecule has 0 spiro atoms. The zero-order valence-electron chi connectivity index (χ0n) is 25.1. The first-order valence-electron chi connectivity index (χ1n) is 14.2. The van der Waals surface area contributed by atoms with Gasteiger partial charge in [0, 0.05) is 0 Å². The lowest BCUT2D eigenvalue weighted by molar-refractivity contribution is -0.226. The van der Waals surface area contributed by atoms with Crippen LogP contribution in [0.4, 0.5) is 0 Å². The highest BCUT2D eigenvalue weighted by Crippen LogP contribution is 2.26. The molecule has 3 fully saturated rings. The topological polar surface area (TPSA) is 242 Å². The molecule has 6 unspecified atom stereocenters. The van der Waals surface area contributed by atoms with Crippen molar-refractivity contribution in [3.05, 3.63) is 0 Å². The number of rotatable bonds is 4. The molecule has 12 N–H and O–H groups in total. The van der Waals surface area contributed by atoms with Gasteiger partial charge >= 0.3 is 0 Å². The van der Waals surface area contributed by atoms with Crippen LogP contribution in [0, 0.1) is 17.8 Å². The van der Waals surface area contributed by atoms with Gasteiger partial charge in [-0.05, 0) is 31.6 Å². The van der Waals surface area contributed by atoms with Gasteiger partial charge in [0.25, 0.3) is 0 Å². The summed E-state index contributed by atoms with van der Waals surface area (Å²) in [6.45, 7) is 14.7. The van der Waals surface area contributed by atoms with Crippen molar-refractivity contribution < 1.29 is 55.1 Å². The quantitative estimate of drug-likeness (QED) is 0.164. The van der Waals surface area contributed by atoms with E-state index in [0.717, 1.165) is 0 Å². The fraction of sp³-hybridized carbons (Fsp3) is 1.00. The molecule has 40 heavy (non-hydrogen) atoms. The molecule has 13 heteroatoms. The summed E-state index contributed by atoms with van der Waals surface area (Å²) in [4.78, 5) is 0. The van der Waals surface area contributed by atoms with Crippen LogP contribution in [-0.2, 0) is 14.2 Å². The van der Waals surface area contributed by atoms with E-state index >= 15 is 0 Å². The van der Waals surface area contributed by atoms with E-state index in [1.54, 1.807) is 6.92 Å². The van der Waals surface area contributed by atoms with Crippen molar-refractivity contribution in [3.8, 4) is 0 Å². The van der Waals surface area contributed by atoms with Crippen LogP contribution in [0.1, 0.15) is 55.4 Å². The van der Waals surface area contributed by atoms with Gasteiger partial charge in [0.1, 0.15) is 36.6 Å². The fourth-order valence-corrected chi connectivity index (χ4v) is 5.04. The van der Waals surface area contributed by atoms with Crippen LogP contribution >= 0.6 is 0 Å². The summed E-state index contributed by atoms with van der Waals surface area (Å²) in [7, 11) is 0. The minimum absolute atomic E-state index is 0.0706. The largest absolute Gasteiger partial charge is 0.394 e. The molecule has 240 valence electrons. The Balaban J connectivity index is 0.000000300. The SMILES string of the molecule is CC(C)[C@@H]1OC(C)[C@@H](N)[C@H](O)C1O.CC(C)[C@@H]1OC(C)[C@@H](O)[C@H](O)C1O.CC(C)[C@@H]1OC(CO)[C@@H](N)[C@H](O)C1O. The average Bonchev–Trinajstić information content (AvgIpc) is 2.89. The summed E-state index contributed by atoms with van der Waals surface area (Å²) in [5, 5.41) is 75.8. The first-order valence-corrected chi connectivity index (χ1v) is 14.2. The van der Waals surface area contributed by atoms with Crippen molar-refractivity contribution in [2.24, 2.45) is 29.2 Å². The van der Waals surface area contributed by atoms with Gasteiger partial charge in [0.2, 0.25) is 0 Å². The normalized spacial score (nSPS) is 46.0. The summed E-state index contributed by atoms with van der Waals surface area (Å²) in [6.07, 6.45) is -9.26. The molecule has 0 aliphatic carbocycles. The zero-order chi connectivity index (χ0) is 31.2. The molecule has 15 atom stereocenters. The molecule has 3 rings (SSSR count). The summed E-state index contributed by atoms with van der Waals surface area (Å²) in [5.41, 5.74) is 11.2. The first-order chi connectivity index (χ1) is 18.4. The van der Waals surface area contributed by atoms with Crippen molar-refractivity contribution in [1.82, 2.24) is 0 Å². The van der Waals surface area contributed by atoms with E-state index in [0.29, 0.717) is 0 Å². The maximum absolute atomic E-state index is 9.65. The predicted octanol–water partition coefficient (Wildman–Crippen LogP) is -2.56. The predicted molar refractivity (Wildman–Crippen MR) is 147 cm³/mol. The Morgan fingerprint density at radius 3 is 1.25 bits per heavy atom. The van der Waals surface area contributed by atoms with Gasteiger partial charge in [0.15, 0.2) is 0 Å². The summed E-state index contributed by atoms with van der Waals surface area (Å²) >= 11 is 0. The van der Waals surface area contributed by atoms with E-state index in [9.17, 15) is 35.7 Å². The Bertz CT molecular complexity index is 678. The zero-order valence-corrected chi connectivity index (χ0v) is 25.1. The molecule has 3 heterocycles. The second-order valence-electron chi connectivity index (χ2n) is 12.3. The smallest absolute Gasteiger partial charge is 0.111 e. The Morgan fingerprint density at radius 1 is 0.500 bits per heavy atom. The molecule has 0 radical (unpaired) electrons. The lowest BCUT2D eigenvalue weighted by Crippen LogP contribution is -2.63. The lowest BCUT2D eigenvalue weighted by Gasteiger charge is -2.42. The summed E-state index contributed by atoms with van der Waals surface area (Å²) in [5.74, 6) is 0.375. The highest BCUT2D eigenvalue weighted by Gasteiger charge is 2.44. The van der Waals surface area contributed by atoms with Gasteiger partial charge in [-0.2, -0.15) is 0 Å². The average molecular weight is 585 g/mol. The maximum Gasteiger partial charge on any atom is 0.111 e. The minimum atomic E-state index is -1.10. The van der Waals surface area contributed by atoms with Crippen LogP contribution in [0.25, 0.3) is 0 Å². The third-order valence-corrected chi connectivity index (χ3v) is 7.88. The fourth-order valence-electron chi connectivity index (χ4n) is 5.04. The Hall–Kier alpha value is -0.520. The maximum atomic E-state index is 9.65. The second kappa shape index (κ2) is 16.4. The van der Waals surface area contributed by atoms with Crippen LogP contribution < -0.4 is 11.5 Å². The number of aliphatic hydroxyl groups is 8. The summed E-state index contributed by atoms with van der Waals surface area (Å²) in [6, 6.07) is -1.23. The number of hydrogen-bond donors (Lipinski definition) is 10. The summed E-state index contributed by atoms with van der Waals surface area (Å²) < 4.78 is 16.3. The minimum Gasteiger partial charge on any atom is -0.394 e. The van der Waals surface area contributed by atoms with E-state index in [1.165, 1.54) is 0 Å². The van der Waals surface area contributed by atoms with E-state index in [-0.39, 0.29) is 36.6 Å². The monoisotopic (exact) mass is 584 g/mol. The lowest BCUT2D eigenvalue weighted by atomic mass is 9.88. The number of aliphatic hydroxyl groups excluding tert-OH is 8. The molecule has 0 amide bonds. The van der Waals surface area contributed by atoms with Crippen molar-refractivity contribution in [2.75, 3.05) is 6.61 Å². The Labute approximate surface area is 238 Å². The van der Waals surface area contributed by atoms with Crippen molar-refractivity contribution in [1.29, 1.82) is 0 Å². The van der Waals surface area contributed by atoms with Gasteiger partial charge in [-0.3, -0.25) is 0 Å². The third kappa shape index (κ3) is 9.24. The standard InChI is InChI=1S/C9H19NO4.C9H19NO3.C9H18O4/c1-4(2)9-8(13)7(12)6(10)5(3-11)14-9;2*1-4(2)9-8(12)7(11)6(10)5(3)13-9/h4-9,11-13H,3,10H2,1-2H3;4-9,11-12H,10H2,1-3H3;4-12H,1-3H3/t3*5?,6-,7+,8?,9+/m111/s1. The number of ether oxygens (including phenoxy) is 3. The van der Waals surface area contributed by atoms with Crippen molar-refractivity contribution >= 4 is 0 Å². The van der Waals surface area contributed by atoms with Gasteiger partial charge in [-0.25, -0.2) is 0 Å². The van der Waals surface area contributed by atoms with E-state index < -0.39 is 79.2 Å². The highest BCUT2D eigenvalue weighted by molar-refractivity contribution is 4.96. The molecule has 0 bridgehead atoms. The Morgan fingerprint density at radius 2 is 0.850 bits per heavy atom. The van der Waals surface area contributed by atoms with Crippen LogP contribution in [0.2, 0.25) is 0 Å². The molecule has 0 aromatic carbocycles.